The number of para-hydroxylation sites is 1. The summed E-state index contributed by atoms with van der Waals surface area (Å²) in [5.74, 6) is 2.59. The average Bonchev–Trinajstić information content (AvgIpc) is 3.33. The second-order valence-electron chi connectivity index (χ2n) is 6.21. The highest BCUT2D eigenvalue weighted by Crippen LogP contribution is 2.26. The fourth-order valence-corrected chi connectivity index (χ4v) is 3.05. The van der Waals surface area contributed by atoms with Gasteiger partial charge < -0.3 is 14.1 Å². The number of morpholine rings is 1. The minimum Gasteiger partial charge on any atom is -0.462 e. The summed E-state index contributed by atoms with van der Waals surface area (Å²) in [6.07, 6.45) is 1.69. The summed E-state index contributed by atoms with van der Waals surface area (Å²) < 4.78 is 13.0. The molecule has 2 aromatic heterocycles. The molecule has 1 aliphatic heterocycles. The quantitative estimate of drug-likeness (QED) is 0.665. The van der Waals surface area contributed by atoms with Gasteiger partial charge in [0.2, 0.25) is 5.95 Å². The highest BCUT2D eigenvalue weighted by molar-refractivity contribution is 5.87. The van der Waals surface area contributed by atoms with Gasteiger partial charge in [0.15, 0.2) is 5.82 Å². The van der Waals surface area contributed by atoms with E-state index in [1.54, 1.807) is 6.08 Å². The van der Waals surface area contributed by atoms with E-state index in [-0.39, 0.29) is 0 Å². The molecule has 1 aliphatic rings. The standard InChI is InChI=1S/C20H19N5O2/c1-15-7-8-18(27-15)13-16(14-21)19-22-23-20(24-9-11-26-12-10-24)25(19)17-5-3-2-4-6-17/h2-8,13H,9-12H2,1H3/b16-13-. The molecule has 0 unspecified atom stereocenters. The van der Waals surface area contributed by atoms with Gasteiger partial charge in [-0.15, -0.1) is 10.2 Å². The van der Waals surface area contributed by atoms with E-state index in [0.29, 0.717) is 36.3 Å². The van der Waals surface area contributed by atoms with Crippen molar-refractivity contribution in [2.24, 2.45) is 0 Å². The predicted octanol–water partition coefficient (Wildman–Crippen LogP) is 3.07. The third kappa shape index (κ3) is 3.48. The molecule has 1 aromatic carbocycles. The first-order valence-electron chi connectivity index (χ1n) is 8.78. The van der Waals surface area contributed by atoms with Gasteiger partial charge in [0, 0.05) is 19.2 Å². The van der Waals surface area contributed by atoms with Gasteiger partial charge in [0.25, 0.3) is 0 Å². The summed E-state index contributed by atoms with van der Waals surface area (Å²) in [6, 6.07) is 15.7. The summed E-state index contributed by atoms with van der Waals surface area (Å²) in [7, 11) is 0. The zero-order chi connectivity index (χ0) is 18.6. The monoisotopic (exact) mass is 361 g/mol. The van der Waals surface area contributed by atoms with Gasteiger partial charge >= 0.3 is 0 Å². The van der Waals surface area contributed by atoms with Crippen molar-refractivity contribution >= 4 is 17.6 Å². The number of allylic oxidation sites excluding steroid dienone is 1. The number of nitriles is 1. The van der Waals surface area contributed by atoms with E-state index in [9.17, 15) is 5.26 Å². The van der Waals surface area contributed by atoms with Gasteiger partial charge in [0.05, 0.1) is 18.9 Å². The summed E-state index contributed by atoms with van der Waals surface area (Å²) in [6.45, 7) is 4.61. The molecule has 3 aromatic rings. The SMILES string of the molecule is Cc1ccc(/C=C(/C#N)c2nnc(N3CCOCC3)n2-c2ccccc2)o1. The smallest absolute Gasteiger partial charge is 0.232 e. The maximum Gasteiger partial charge on any atom is 0.232 e. The molecular weight excluding hydrogens is 342 g/mol. The van der Waals surface area contributed by atoms with E-state index in [1.807, 2.05) is 54.0 Å². The van der Waals surface area contributed by atoms with Gasteiger partial charge in [-0.1, -0.05) is 18.2 Å². The van der Waals surface area contributed by atoms with E-state index in [1.165, 1.54) is 0 Å². The molecule has 0 atom stereocenters. The van der Waals surface area contributed by atoms with Crippen molar-refractivity contribution in [2.75, 3.05) is 31.2 Å². The van der Waals surface area contributed by atoms with Crippen molar-refractivity contribution in [1.29, 1.82) is 5.26 Å². The van der Waals surface area contributed by atoms with E-state index in [2.05, 4.69) is 21.2 Å². The highest BCUT2D eigenvalue weighted by atomic mass is 16.5. The van der Waals surface area contributed by atoms with Crippen LogP contribution in [0.4, 0.5) is 5.95 Å². The minimum atomic E-state index is 0.389. The average molecular weight is 361 g/mol. The van der Waals surface area contributed by atoms with Gasteiger partial charge in [-0.2, -0.15) is 5.26 Å². The molecular formula is C20H19N5O2. The number of furan rings is 1. The molecule has 0 bridgehead atoms. The molecule has 0 spiro atoms. The van der Waals surface area contributed by atoms with Gasteiger partial charge in [-0.05, 0) is 31.2 Å². The lowest BCUT2D eigenvalue weighted by Gasteiger charge is -2.28. The predicted molar refractivity (Wildman–Crippen MR) is 101 cm³/mol. The normalized spacial score (nSPS) is 15.0. The fourth-order valence-electron chi connectivity index (χ4n) is 3.05. The molecule has 3 heterocycles. The molecule has 27 heavy (non-hydrogen) atoms. The first kappa shape index (κ1) is 17.1. The molecule has 136 valence electrons. The van der Waals surface area contributed by atoms with Crippen molar-refractivity contribution in [3.05, 3.63) is 59.8 Å². The van der Waals surface area contributed by atoms with Gasteiger partial charge in [0.1, 0.15) is 23.2 Å². The first-order chi connectivity index (χ1) is 13.3. The van der Waals surface area contributed by atoms with Crippen molar-refractivity contribution in [3.8, 4) is 11.8 Å². The van der Waals surface area contributed by atoms with Crippen LogP contribution < -0.4 is 4.90 Å². The lowest BCUT2D eigenvalue weighted by Crippen LogP contribution is -2.38. The molecule has 1 saturated heterocycles. The van der Waals surface area contributed by atoms with Crippen LogP contribution in [0, 0.1) is 18.3 Å². The molecule has 4 rings (SSSR count). The minimum absolute atomic E-state index is 0.389. The Kier molecular flexibility index (Phi) is 4.73. The molecule has 0 aliphatic carbocycles. The van der Waals surface area contributed by atoms with Crippen LogP contribution in [-0.4, -0.2) is 41.1 Å². The highest BCUT2D eigenvalue weighted by Gasteiger charge is 2.23. The van der Waals surface area contributed by atoms with Gasteiger partial charge in [-0.3, -0.25) is 4.57 Å². The third-order valence-corrected chi connectivity index (χ3v) is 4.36. The zero-order valence-corrected chi connectivity index (χ0v) is 15.0. The topological polar surface area (TPSA) is 80.1 Å². The van der Waals surface area contributed by atoms with Crippen LogP contribution in [0.25, 0.3) is 17.3 Å². The van der Waals surface area contributed by atoms with E-state index in [0.717, 1.165) is 24.5 Å². The summed E-state index contributed by atoms with van der Waals surface area (Å²) in [5, 5.41) is 18.5. The third-order valence-electron chi connectivity index (χ3n) is 4.36. The Morgan fingerprint density at radius 1 is 1.11 bits per heavy atom. The number of nitrogens with zero attached hydrogens (tertiary/aromatic N) is 5. The molecule has 7 heteroatoms. The van der Waals surface area contributed by atoms with Crippen LogP contribution in [0.15, 0.2) is 46.9 Å². The Hall–Kier alpha value is -3.37. The number of anilines is 1. The van der Waals surface area contributed by atoms with E-state index < -0.39 is 0 Å². The van der Waals surface area contributed by atoms with Crippen LogP contribution in [0.1, 0.15) is 17.3 Å². The van der Waals surface area contributed by atoms with Crippen LogP contribution >= 0.6 is 0 Å². The Labute approximate surface area is 157 Å². The van der Waals surface area contributed by atoms with Crippen LogP contribution in [0.2, 0.25) is 0 Å². The molecule has 0 saturated carbocycles. The van der Waals surface area contributed by atoms with Crippen molar-refractivity contribution < 1.29 is 9.15 Å². The summed E-state index contributed by atoms with van der Waals surface area (Å²) in [5.41, 5.74) is 1.29. The number of benzene rings is 1. The van der Waals surface area contributed by atoms with Crippen LogP contribution in [-0.2, 0) is 4.74 Å². The second-order valence-corrected chi connectivity index (χ2v) is 6.21. The Morgan fingerprint density at radius 3 is 2.56 bits per heavy atom. The maximum absolute atomic E-state index is 9.76. The number of hydrogen-bond donors (Lipinski definition) is 0. The summed E-state index contributed by atoms with van der Waals surface area (Å²) in [4.78, 5) is 2.12. The van der Waals surface area contributed by atoms with Crippen molar-refractivity contribution in [3.63, 3.8) is 0 Å². The van der Waals surface area contributed by atoms with Crippen LogP contribution in [0.5, 0.6) is 0 Å². The fraction of sp³-hybridized carbons (Fsp3) is 0.250. The van der Waals surface area contributed by atoms with E-state index >= 15 is 0 Å². The number of hydrogen-bond acceptors (Lipinski definition) is 6. The lowest BCUT2D eigenvalue weighted by molar-refractivity contribution is 0.122. The Balaban J connectivity index is 1.83. The lowest BCUT2D eigenvalue weighted by atomic mass is 10.2. The maximum atomic E-state index is 9.76. The molecule has 0 amide bonds. The van der Waals surface area contributed by atoms with Crippen molar-refractivity contribution in [1.82, 2.24) is 14.8 Å². The second kappa shape index (κ2) is 7.48. The number of rotatable bonds is 4. The largest absolute Gasteiger partial charge is 0.462 e. The number of aryl methyl sites for hydroxylation is 1. The number of aromatic nitrogens is 3. The van der Waals surface area contributed by atoms with E-state index in [4.69, 9.17) is 9.15 Å². The Bertz CT molecular complexity index is 991. The molecule has 7 nitrogen and oxygen atoms in total. The first-order valence-corrected chi connectivity index (χ1v) is 8.78. The van der Waals surface area contributed by atoms with Crippen molar-refractivity contribution in [2.45, 2.75) is 6.92 Å². The molecule has 0 N–H and O–H groups in total. The van der Waals surface area contributed by atoms with Crippen LogP contribution in [0.3, 0.4) is 0 Å². The zero-order valence-electron chi connectivity index (χ0n) is 15.0. The Morgan fingerprint density at radius 2 is 1.89 bits per heavy atom. The molecule has 1 fully saturated rings. The number of ether oxygens (including phenoxy) is 1. The molecule has 0 radical (unpaired) electrons. The van der Waals surface area contributed by atoms with Gasteiger partial charge in [-0.25, -0.2) is 0 Å². The summed E-state index contributed by atoms with van der Waals surface area (Å²) >= 11 is 0.